The summed E-state index contributed by atoms with van der Waals surface area (Å²) >= 11 is 5.15. The number of furan rings is 1. The van der Waals surface area contributed by atoms with Gasteiger partial charge in [0.05, 0.1) is 18.2 Å². The minimum Gasteiger partial charge on any atom is -0.472 e. The average Bonchev–Trinajstić information content (AvgIpc) is 3.05. The van der Waals surface area contributed by atoms with Crippen LogP contribution in [-0.4, -0.2) is 16.9 Å². The van der Waals surface area contributed by atoms with E-state index in [-0.39, 0.29) is 10.7 Å². The predicted molar refractivity (Wildman–Crippen MR) is 90.7 cm³/mol. The molecule has 6 heteroatoms. The lowest BCUT2D eigenvalue weighted by molar-refractivity contribution is -0.122. The van der Waals surface area contributed by atoms with Crippen LogP contribution in [0.25, 0.3) is 6.08 Å². The number of rotatable bonds is 3. The number of aryl methyl sites for hydroxylation is 1. The van der Waals surface area contributed by atoms with E-state index < -0.39 is 11.8 Å². The Labute approximate surface area is 138 Å². The number of hydrogen-bond donors (Lipinski definition) is 1. The minimum atomic E-state index is -0.511. The molecule has 116 valence electrons. The molecular formula is C17H14N2O3S. The number of thiocarbonyl (C=S) groups is 1. The van der Waals surface area contributed by atoms with Crippen molar-refractivity contribution in [3.05, 3.63) is 59.6 Å². The van der Waals surface area contributed by atoms with Crippen molar-refractivity contribution in [1.82, 2.24) is 5.32 Å². The van der Waals surface area contributed by atoms with Crippen molar-refractivity contribution in [3.63, 3.8) is 0 Å². The van der Waals surface area contributed by atoms with Gasteiger partial charge in [0.2, 0.25) is 0 Å². The van der Waals surface area contributed by atoms with E-state index in [1.165, 1.54) is 23.5 Å². The van der Waals surface area contributed by atoms with Crippen LogP contribution in [-0.2, 0) is 16.0 Å². The van der Waals surface area contributed by atoms with E-state index in [1.54, 1.807) is 6.07 Å². The van der Waals surface area contributed by atoms with Crippen LogP contribution in [0, 0.1) is 0 Å². The zero-order valence-electron chi connectivity index (χ0n) is 12.4. The molecule has 0 unspecified atom stereocenters. The molecule has 1 aliphatic heterocycles. The Bertz CT molecular complexity index is 792. The first-order valence-electron chi connectivity index (χ1n) is 7.12. The Kier molecular flexibility index (Phi) is 4.08. The third-order valence-corrected chi connectivity index (χ3v) is 3.84. The number of carbonyl (C=O) groups excluding carboxylic acids is 2. The Hall–Kier alpha value is -2.73. The van der Waals surface area contributed by atoms with Gasteiger partial charge in [0.1, 0.15) is 5.57 Å². The zero-order chi connectivity index (χ0) is 16.4. The van der Waals surface area contributed by atoms with Crippen LogP contribution in [0.5, 0.6) is 0 Å². The second-order valence-electron chi connectivity index (χ2n) is 5.03. The lowest BCUT2D eigenvalue weighted by atomic mass is 10.1. The highest BCUT2D eigenvalue weighted by Gasteiger charge is 2.34. The van der Waals surface area contributed by atoms with E-state index in [1.807, 2.05) is 24.3 Å². The van der Waals surface area contributed by atoms with Crippen LogP contribution in [0.3, 0.4) is 0 Å². The van der Waals surface area contributed by atoms with Crippen LogP contribution in [0.15, 0.2) is 52.8 Å². The summed E-state index contributed by atoms with van der Waals surface area (Å²) < 4.78 is 4.96. The van der Waals surface area contributed by atoms with Crippen LogP contribution >= 0.6 is 12.2 Å². The topological polar surface area (TPSA) is 62.6 Å². The molecule has 1 fully saturated rings. The van der Waals surface area contributed by atoms with Crippen molar-refractivity contribution >= 4 is 40.9 Å². The van der Waals surface area contributed by atoms with Crippen LogP contribution in [0.4, 0.5) is 5.69 Å². The van der Waals surface area contributed by atoms with Gasteiger partial charge in [-0.05, 0) is 48.5 Å². The smallest absolute Gasteiger partial charge is 0.270 e. The predicted octanol–water partition coefficient (Wildman–Crippen LogP) is 2.67. The monoisotopic (exact) mass is 326 g/mol. The Balaban J connectivity index is 1.98. The van der Waals surface area contributed by atoms with Crippen molar-refractivity contribution in [1.29, 1.82) is 0 Å². The zero-order valence-corrected chi connectivity index (χ0v) is 13.2. The number of anilines is 1. The number of hydrogen-bond acceptors (Lipinski definition) is 4. The largest absolute Gasteiger partial charge is 0.472 e. The summed E-state index contributed by atoms with van der Waals surface area (Å²) in [5.74, 6) is -0.966. The van der Waals surface area contributed by atoms with E-state index in [4.69, 9.17) is 16.6 Å². The molecule has 0 aliphatic carbocycles. The molecule has 0 radical (unpaired) electrons. The SMILES string of the molecule is CCc1ccc(N2C(=O)/C(=C/c3ccoc3)C(=O)NC2=S)cc1. The molecule has 5 nitrogen and oxygen atoms in total. The maximum Gasteiger partial charge on any atom is 0.270 e. The third-order valence-electron chi connectivity index (χ3n) is 3.56. The molecule has 2 amide bonds. The summed E-state index contributed by atoms with van der Waals surface area (Å²) in [6.07, 6.45) is 5.32. The van der Waals surface area contributed by atoms with Gasteiger partial charge in [-0.25, -0.2) is 0 Å². The van der Waals surface area contributed by atoms with Crippen molar-refractivity contribution in [2.75, 3.05) is 4.90 Å². The fraction of sp³-hybridized carbons (Fsp3) is 0.118. The summed E-state index contributed by atoms with van der Waals surface area (Å²) in [6, 6.07) is 9.16. The number of nitrogens with one attached hydrogen (secondary N) is 1. The van der Waals surface area contributed by atoms with Gasteiger partial charge < -0.3 is 4.42 Å². The molecule has 0 saturated carbocycles. The van der Waals surface area contributed by atoms with Crippen LogP contribution < -0.4 is 10.2 Å². The van der Waals surface area contributed by atoms with Crippen LogP contribution in [0.1, 0.15) is 18.1 Å². The first kappa shape index (κ1) is 15.2. The molecule has 1 aliphatic rings. The van der Waals surface area contributed by atoms with E-state index in [9.17, 15) is 9.59 Å². The average molecular weight is 326 g/mol. The van der Waals surface area contributed by atoms with Gasteiger partial charge in [0.15, 0.2) is 5.11 Å². The summed E-state index contributed by atoms with van der Waals surface area (Å²) in [5.41, 5.74) is 2.43. The third kappa shape index (κ3) is 2.93. The van der Waals surface area contributed by atoms with Gasteiger partial charge >= 0.3 is 0 Å². The van der Waals surface area contributed by atoms with Crippen LogP contribution in [0.2, 0.25) is 0 Å². The van der Waals surface area contributed by atoms with Gasteiger partial charge in [-0.3, -0.25) is 19.8 Å². The van der Waals surface area contributed by atoms with Crippen molar-refractivity contribution < 1.29 is 14.0 Å². The van der Waals surface area contributed by atoms with Crippen molar-refractivity contribution in [2.45, 2.75) is 13.3 Å². The molecular weight excluding hydrogens is 312 g/mol. The highest BCUT2D eigenvalue weighted by atomic mass is 32.1. The number of amides is 2. The second kappa shape index (κ2) is 6.18. The van der Waals surface area contributed by atoms with Crippen molar-refractivity contribution in [3.8, 4) is 0 Å². The van der Waals surface area contributed by atoms with Gasteiger partial charge in [0, 0.05) is 5.56 Å². The second-order valence-corrected chi connectivity index (χ2v) is 5.42. The Morgan fingerprint density at radius 1 is 1.22 bits per heavy atom. The summed E-state index contributed by atoms with van der Waals surface area (Å²) in [6.45, 7) is 2.05. The summed E-state index contributed by atoms with van der Waals surface area (Å²) in [4.78, 5) is 26.1. The summed E-state index contributed by atoms with van der Waals surface area (Å²) in [5, 5.41) is 2.63. The fourth-order valence-corrected chi connectivity index (χ4v) is 2.58. The maximum atomic E-state index is 12.7. The molecule has 0 bridgehead atoms. The molecule has 23 heavy (non-hydrogen) atoms. The number of carbonyl (C=O) groups is 2. The quantitative estimate of drug-likeness (QED) is 0.535. The maximum absolute atomic E-state index is 12.7. The normalized spacial score (nSPS) is 16.8. The van der Waals surface area contributed by atoms with E-state index in [2.05, 4.69) is 12.2 Å². The van der Waals surface area contributed by atoms with E-state index >= 15 is 0 Å². The molecule has 0 atom stereocenters. The lowest BCUT2D eigenvalue weighted by Crippen LogP contribution is -2.54. The molecule has 3 rings (SSSR count). The van der Waals surface area contributed by atoms with Crippen molar-refractivity contribution in [2.24, 2.45) is 0 Å². The first-order chi connectivity index (χ1) is 11.1. The minimum absolute atomic E-state index is 0.0135. The van der Waals surface area contributed by atoms with E-state index in [0.29, 0.717) is 11.3 Å². The van der Waals surface area contributed by atoms with Gasteiger partial charge in [0.25, 0.3) is 11.8 Å². The van der Waals surface area contributed by atoms with E-state index in [0.717, 1.165) is 12.0 Å². The lowest BCUT2D eigenvalue weighted by Gasteiger charge is -2.29. The standard InChI is InChI=1S/C17H14N2O3S/c1-2-11-3-5-13(6-4-11)19-16(21)14(15(20)18-17(19)23)9-12-7-8-22-10-12/h3-10H,2H2,1H3,(H,18,20,23)/b14-9+. The highest BCUT2D eigenvalue weighted by molar-refractivity contribution is 7.80. The Morgan fingerprint density at radius 2 is 1.96 bits per heavy atom. The molecule has 2 aromatic rings. The molecule has 1 saturated heterocycles. The first-order valence-corrected chi connectivity index (χ1v) is 7.53. The van der Waals surface area contributed by atoms with Gasteiger partial charge in [-0.15, -0.1) is 0 Å². The molecule has 1 aromatic carbocycles. The molecule has 1 aromatic heterocycles. The number of benzene rings is 1. The molecule has 2 heterocycles. The fourth-order valence-electron chi connectivity index (χ4n) is 2.30. The summed E-state index contributed by atoms with van der Waals surface area (Å²) in [7, 11) is 0. The molecule has 0 spiro atoms. The van der Waals surface area contributed by atoms with Gasteiger partial charge in [-0.1, -0.05) is 19.1 Å². The molecule has 1 N–H and O–H groups in total. The number of nitrogens with zero attached hydrogens (tertiary/aromatic N) is 1. The Morgan fingerprint density at radius 3 is 2.57 bits per heavy atom. The van der Waals surface area contributed by atoms with Gasteiger partial charge in [-0.2, -0.15) is 0 Å². The highest BCUT2D eigenvalue weighted by Crippen LogP contribution is 2.22.